The van der Waals surface area contributed by atoms with Crippen molar-refractivity contribution in [2.75, 3.05) is 18.1 Å². The minimum atomic E-state index is -0.809. The monoisotopic (exact) mass is 297 g/mol. The molecule has 0 aromatic heterocycles. The molecule has 110 valence electrons. The summed E-state index contributed by atoms with van der Waals surface area (Å²) in [5.74, 6) is 0.626. The highest BCUT2D eigenvalue weighted by molar-refractivity contribution is 6.31. The Morgan fingerprint density at radius 3 is 2.65 bits per heavy atom. The van der Waals surface area contributed by atoms with Crippen LogP contribution in [0, 0.1) is 0 Å². The number of ether oxygens (including phenoxy) is 1. The Morgan fingerprint density at radius 2 is 2.05 bits per heavy atom. The molecule has 0 fully saturated rings. The number of aliphatic hydroxyl groups excluding tert-OH is 1. The van der Waals surface area contributed by atoms with Gasteiger partial charge in [0.25, 0.3) is 5.91 Å². The van der Waals surface area contributed by atoms with E-state index in [-0.39, 0.29) is 12.5 Å². The minimum Gasteiger partial charge on any atom is -0.475 e. The summed E-state index contributed by atoms with van der Waals surface area (Å²) in [6.07, 6.45) is 1.75. The smallest absolute Gasteiger partial charge is 0.271 e. The van der Waals surface area contributed by atoms with Gasteiger partial charge in [-0.1, -0.05) is 25.4 Å². The van der Waals surface area contributed by atoms with Gasteiger partial charge in [-0.2, -0.15) is 0 Å². The lowest BCUT2D eigenvalue weighted by molar-refractivity contribution is -0.136. The van der Waals surface area contributed by atoms with E-state index in [1.807, 2.05) is 13.8 Å². The number of nitrogens with zero attached hydrogens (tertiary/aromatic N) is 1. The molecule has 4 nitrogen and oxygen atoms in total. The van der Waals surface area contributed by atoms with E-state index in [1.54, 1.807) is 23.1 Å². The zero-order chi connectivity index (χ0) is 14.8. The minimum absolute atomic E-state index is 0.0474. The molecule has 1 aromatic rings. The third-order valence-corrected chi connectivity index (χ3v) is 4.07. The second-order valence-electron chi connectivity index (χ2n) is 4.95. The number of amides is 1. The van der Waals surface area contributed by atoms with Crippen molar-refractivity contribution >= 4 is 23.2 Å². The van der Waals surface area contributed by atoms with Crippen molar-refractivity contribution in [3.05, 3.63) is 23.2 Å². The molecule has 0 spiro atoms. The van der Waals surface area contributed by atoms with E-state index in [0.717, 1.165) is 0 Å². The first-order chi connectivity index (χ1) is 9.57. The highest BCUT2D eigenvalue weighted by atomic mass is 35.5. The van der Waals surface area contributed by atoms with E-state index in [9.17, 15) is 4.79 Å². The third-order valence-electron chi connectivity index (χ3n) is 3.83. The maximum absolute atomic E-state index is 12.8. The van der Waals surface area contributed by atoms with Gasteiger partial charge in [-0.15, -0.1) is 0 Å². The number of carbonyl (C=O) groups is 1. The molecular formula is C15H20ClNO3. The number of carbonyl (C=O) groups excluding carboxylic acids is 1. The maximum Gasteiger partial charge on any atom is 0.271 e. The number of hydrogen-bond acceptors (Lipinski definition) is 3. The van der Waals surface area contributed by atoms with Crippen molar-refractivity contribution < 1.29 is 14.6 Å². The number of aliphatic hydroxyl groups is 1. The van der Waals surface area contributed by atoms with Crippen LogP contribution in [-0.2, 0) is 4.79 Å². The SMILES string of the molecule is CCC1(CC)Oc2ccc(Cl)cc2N(CCCO)C1=O. The van der Waals surface area contributed by atoms with Crippen LogP contribution in [0.2, 0.25) is 5.02 Å². The van der Waals surface area contributed by atoms with Gasteiger partial charge < -0.3 is 14.7 Å². The van der Waals surface area contributed by atoms with E-state index in [4.69, 9.17) is 21.4 Å². The van der Waals surface area contributed by atoms with Gasteiger partial charge in [-0.3, -0.25) is 4.79 Å². The Hall–Kier alpha value is -1.26. The molecule has 0 saturated heterocycles. The molecule has 0 atom stereocenters. The lowest BCUT2D eigenvalue weighted by Crippen LogP contribution is -2.55. The maximum atomic E-state index is 12.8. The molecular weight excluding hydrogens is 278 g/mol. The second-order valence-corrected chi connectivity index (χ2v) is 5.39. The summed E-state index contributed by atoms with van der Waals surface area (Å²) in [4.78, 5) is 14.5. The van der Waals surface area contributed by atoms with Crippen molar-refractivity contribution in [3.8, 4) is 5.75 Å². The summed E-state index contributed by atoms with van der Waals surface area (Å²) in [5.41, 5.74) is -0.121. The van der Waals surface area contributed by atoms with Gasteiger partial charge in [-0.05, 0) is 37.5 Å². The van der Waals surface area contributed by atoms with E-state index < -0.39 is 5.60 Å². The van der Waals surface area contributed by atoms with Crippen molar-refractivity contribution in [3.63, 3.8) is 0 Å². The van der Waals surface area contributed by atoms with Gasteiger partial charge in [0.2, 0.25) is 0 Å². The summed E-state index contributed by atoms with van der Waals surface area (Å²) in [6, 6.07) is 5.30. The molecule has 1 amide bonds. The fraction of sp³-hybridized carbons (Fsp3) is 0.533. The van der Waals surface area contributed by atoms with E-state index in [2.05, 4.69) is 0 Å². The zero-order valence-corrected chi connectivity index (χ0v) is 12.6. The Kier molecular flexibility index (Phi) is 4.55. The Labute approximate surface area is 124 Å². The molecule has 1 aromatic carbocycles. The normalized spacial score (nSPS) is 16.8. The molecule has 1 aliphatic heterocycles. The van der Waals surface area contributed by atoms with Crippen LogP contribution in [0.4, 0.5) is 5.69 Å². The first-order valence-corrected chi connectivity index (χ1v) is 7.37. The second kappa shape index (κ2) is 6.02. The first-order valence-electron chi connectivity index (χ1n) is 6.99. The predicted molar refractivity (Wildman–Crippen MR) is 79.4 cm³/mol. The largest absolute Gasteiger partial charge is 0.475 e. The first kappa shape index (κ1) is 15.1. The molecule has 2 rings (SSSR count). The predicted octanol–water partition coefficient (Wildman–Crippen LogP) is 3.01. The summed E-state index contributed by atoms with van der Waals surface area (Å²) < 4.78 is 5.98. The molecule has 1 N–H and O–H groups in total. The van der Waals surface area contributed by atoms with Crippen molar-refractivity contribution in [1.82, 2.24) is 0 Å². The van der Waals surface area contributed by atoms with Crippen LogP contribution < -0.4 is 9.64 Å². The standard InChI is InChI=1S/C15H20ClNO3/c1-3-15(4-2)14(19)17(8-5-9-18)12-10-11(16)6-7-13(12)20-15/h6-7,10,18H,3-5,8-9H2,1-2H3. The average molecular weight is 298 g/mol. The highest BCUT2D eigenvalue weighted by Crippen LogP contribution is 2.41. The average Bonchev–Trinajstić information content (AvgIpc) is 2.46. The van der Waals surface area contributed by atoms with Crippen LogP contribution in [0.1, 0.15) is 33.1 Å². The van der Waals surface area contributed by atoms with Crippen molar-refractivity contribution in [1.29, 1.82) is 0 Å². The fourth-order valence-electron chi connectivity index (χ4n) is 2.54. The number of halogens is 1. The topological polar surface area (TPSA) is 49.8 Å². The third kappa shape index (κ3) is 2.50. The van der Waals surface area contributed by atoms with Crippen molar-refractivity contribution in [2.45, 2.75) is 38.7 Å². The molecule has 0 saturated carbocycles. The van der Waals surface area contributed by atoms with Gasteiger partial charge >= 0.3 is 0 Å². The van der Waals surface area contributed by atoms with Gasteiger partial charge in [0.05, 0.1) is 5.69 Å². The molecule has 1 heterocycles. The number of anilines is 1. The van der Waals surface area contributed by atoms with Crippen LogP contribution in [0.15, 0.2) is 18.2 Å². The molecule has 1 aliphatic rings. The number of benzene rings is 1. The molecule has 0 radical (unpaired) electrons. The van der Waals surface area contributed by atoms with Gasteiger partial charge in [0.1, 0.15) is 5.75 Å². The molecule has 0 unspecified atom stereocenters. The summed E-state index contributed by atoms with van der Waals surface area (Å²) in [5, 5.41) is 9.60. The fourth-order valence-corrected chi connectivity index (χ4v) is 2.71. The van der Waals surface area contributed by atoms with Gasteiger partial charge in [0, 0.05) is 18.2 Å². The van der Waals surface area contributed by atoms with E-state index >= 15 is 0 Å². The Morgan fingerprint density at radius 1 is 1.35 bits per heavy atom. The quantitative estimate of drug-likeness (QED) is 0.909. The van der Waals surface area contributed by atoms with Gasteiger partial charge in [-0.25, -0.2) is 0 Å². The van der Waals surface area contributed by atoms with Crippen LogP contribution in [-0.4, -0.2) is 29.8 Å². The number of rotatable bonds is 5. The zero-order valence-electron chi connectivity index (χ0n) is 11.9. The van der Waals surface area contributed by atoms with Crippen LogP contribution in [0.5, 0.6) is 5.75 Å². The molecule has 20 heavy (non-hydrogen) atoms. The van der Waals surface area contributed by atoms with Crippen LogP contribution in [0.3, 0.4) is 0 Å². The summed E-state index contributed by atoms with van der Waals surface area (Å²) in [6.45, 7) is 4.42. The number of hydrogen-bond donors (Lipinski definition) is 1. The summed E-state index contributed by atoms with van der Waals surface area (Å²) in [7, 11) is 0. The van der Waals surface area contributed by atoms with Crippen LogP contribution >= 0.6 is 11.6 Å². The van der Waals surface area contributed by atoms with Crippen molar-refractivity contribution in [2.24, 2.45) is 0 Å². The summed E-state index contributed by atoms with van der Waals surface area (Å²) >= 11 is 6.02. The molecule has 5 heteroatoms. The van der Waals surface area contributed by atoms with Crippen LogP contribution in [0.25, 0.3) is 0 Å². The lowest BCUT2D eigenvalue weighted by Gasteiger charge is -2.42. The molecule has 0 aliphatic carbocycles. The number of fused-ring (bicyclic) bond motifs is 1. The lowest BCUT2D eigenvalue weighted by atomic mass is 9.92. The Bertz CT molecular complexity index is 500. The highest BCUT2D eigenvalue weighted by Gasteiger charge is 2.45. The van der Waals surface area contributed by atoms with Gasteiger partial charge in [0.15, 0.2) is 5.60 Å². The van der Waals surface area contributed by atoms with E-state index in [1.165, 1.54) is 0 Å². The Balaban J connectivity index is 2.47. The van der Waals surface area contributed by atoms with E-state index in [0.29, 0.717) is 42.3 Å². The molecule has 0 bridgehead atoms.